The molecule has 0 aliphatic rings. The minimum atomic E-state index is -4.81. The molecule has 0 bridgehead atoms. The lowest BCUT2D eigenvalue weighted by Gasteiger charge is -2.10. The minimum Gasteiger partial charge on any atom is -0.411 e. The molecule has 0 radical (unpaired) electrons. The third-order valence-electron chi connectivity index (χ3n) is 3.18. The summed E-state index contributed by atoms with van der Waals surface area (Å²) in [4.78, 5) is 12.0. The number of hydrogen-bond acceptors (Lipinski definition) is 6. The molecule has 1 amide bonds. The number of carbonyl (C=O) groups excluding carboxylic acids is 1. The number of nitrogens with zero attached hydrogens (tertiary/aromatic N) is 2. The maximum atomic E-state index is 12.2. The fourth-order valence-electron chi connectivity index (χ4n) is 2.07. The molecule has 1 aromatic heterocycles. The number of thioether (sulfide) groups is 1. The van der Waals surface area contributed by atoms with Gasteiger partial charge in [-0.05, 0) is 36.4 Å². The van der Waals surface area contributed by atoms with E-state index < -0.39 is 18.0 Å². The van der Waals surface area contributed by atoms with Crippen LogP contribution in [0.3, 0.4) is 0 Å². The van der Waals surface area contributed by atoms with Crippen molar-refractivity contribution in [2.45, 2.75) is 11.6 Å². The molecule has 2 aromatic carbocycles. The van der Waals surface area contributed by atoms with E-state index in [0.29, 0.717) is 10.6 Å². The van der Waals surface area contributed by atoms with Crippen molar-refractivity contribution in [3.05, 3.63) is 53.6 Å². The van der Waals surface area contributed by atoms with Gasteiger partial charge < -0.3 is 14.5 Å². The summed E-state index contributed by atoms with van der Waals surface area (Å²) in [5.74, 6) is -0.688. The molecule has 1 N–H and O–H groups in total. The number of alkyl halides is 3. The molecule has 0 spiro atoms. The number of nitrogens with one attached hydrogen (secondary N) is 1. The number of ether oxygens (including phenoxy) is 1. The molecule has 1 heterocycles. The molecular weight excluding hydrogens is 419 g/mol. The molecular formula is C17H11ClF3N3O3S. The number of amides is 1. The van der Waals surface area contributed by atoms with Crippen LogP contribution in [0.4, 0.5) is 18.9 Å². The van der Waals surface area contributed by atoms with E-state index in [2.05, 4.69) is 20.3 Å². The first-order valence-electron chi connectivity index (χ1n) is 7.66. The van der Waals surface area contributed by atoms with E-state index in [9.17, 15) is 18.0 Å². The summed E-state index contributed by atoms with van der Waals surface area (Å²) in [6.45, 7) is 0. The van der Waals surface area contributed by atoms with Crippen LogP contribution in [-0.2, 0) is 4.79 Å². The number of carbonyl (C=O) groups is 1. The van der Waals surface area contributed by atoms with Crippen LogP contribution in [0, 0.1) is 0 Å². The van der Waals surface area contributed by atoms with Gasteiger partial charge in [0.2, 0.25) is 11.8 Å². The van der Waals surface area contributed by atoms with Gasteiger partial charge in [-0.15, -0.1) is 23.4 Å². The smallest absolute Gasteiger partial charge is 0.411 e. The first kappa shape index (κ1) is 20.0. The molecule has 0 aliphatic heterocycles. The zero-order chi connectivity index (χ0) is 20.1. The number of rotatable bonds is 6. The summed E-state index contributed by atoms with van der Waals surface area (Å²) in [5, 5.41) is 10.9. The maximum Gasteiger partial charge on any atom is 0.573 e. The minimum absolute atomic E-state index is 0.0768. The predicted molar refractivity (Wildman–Crippen MR) is 97.2 cm³/mol. The molecule has 0 saturated heterocycles. The first-order chi connectivity index (χ1) is 13.3. The van der Waals surface area contributed by atoms with Crippen LogP contribution < -0.4 is 10.1 Å². The molecule has 0 atom stereocenters. The second-order valence-corrected chi connectivity index (χ2v) is 6.66. The van der Waals surface area contributed by atoms with E-state index >= 15 is 0 Å². The van der Waals surface area contributed by atoms with Crippen LogP contribution in [0.25, 0.3) is 11.5 Å². The van der Waals surface area contributed by atoms with Gasteiger partial charge in [-0.2, -0.15) is 0 Å². The van der Waals surface area contributed by atoms with Crippen LogP contribution >= 0.6 is 23.4 Å². The number of aromatic nitrogens is 2. The Labute approximate surface area is 166 Å². The maximum absolute atomic E-state index is 12.2. The molecule has 3 aromatic rings. The van der Waals surface area contributed by atoms with Crippen molar-refractivity contribution in [3.63, 3.8) is 0 Å². The van der Waals surface area contributed by atoms with Crippen molar-refractivity contribution in [2.75, 3.05) is 11.1 Å². The average molecular weight is 430 g/mol. The second kappa shape index (κ2) is 8.53. The molecule has 3 rings (SSSR count). The zero-order valence-corrected chi connectivity index (χ0v) is 15.4. The molecule has 0 aliphatic carbocycles. The molecule has 146 valence electrons. The highest BCUT2D eigenvalue weighted by Crippen LogP contribution is 2.26. The molecule has 0 fully saturated rings. The largest absolute Gasteiger partial charge is 0.573 e. The quantitative estimate of drug-likeness (QED) is 0.554. The number of halogens is 4. The Bertz CT molecular complexity index is 964. The third-order valence-corrected chi connectivity index (χ3v) is 4.25. The molecule has 6 nitrogen and oxygen atoms in total. The molecule has 0 unspecified atom stereocenters. The highest BCUT2D eigenvalue weighted by Gasteiger charge is 2.31. The standard InChI is InChI=1S/C17H11ClF3N3O3S/c18-11-6-4-10(5-7-11)15-23-24-16(26-15)28-9-14(25)22-12-2-1-3-13(8-12)27-17(19,20)21/h1-8H,9H2,(H,22,25). The van der Waals surface area contributed by atoms with Gasteiger partial charge in [-0.1, -0.05) is 29.4 Å². The normalized spacial score (nSPS) is 11.3. The van der Waals surface area contributed by atoms with Gasteiger partial charge in [0, 0.05) is 22.3 Å². The Morgan fingerprint density at radius 1 is 1.18 bits per heavy atom. The molecule has 28 heavy (non-hydrogen) atoms. The lowest BCUT2D eigenvalue weighted by atomic mass is 10.2. The van der Waals surface area contributed by atoms with E-state index in [1.807, 2.05) is 0 Å². The lowest BCUT2D eigenvalue weighted by molar-refractivity contribution is -0.274. The van der Waals surface area contributed by atoms with E-state index in [-0.39, 0.29) is 22.6 Å². The lowest BCUT2D eigenvalue weighted by Crippen LogP contribution is -2.18. The highest BCUT2D eigenvalue weighted by molar-refractivity contribution is 7.99. The third kappa shape index (κ3) is 5.89. The number of hydrogen-bond donors (Lipinski definition) is 1. The Hall–Kier alpha value is -2.72. The second-order valence-electron chi connectivity index (χ2n) is 5.29. The summed E-state index contributed by atoms with van der Waals surface area (Å²) in [5.41, 5.74) is 0.842. The van der Waals surface area contributed by atoms with Gasteiger partial charge in [0.15, 0.2) is 0 Å². The van der Waals surface area contributed by atoms with E-state index in [1.54, 1.807) is 24.3 Å². The summed E-state index contributed by atoms with van der Waals surface area (Å²) < 4.78 is 46.0. The fourth-order valence-corrected chi connectivity index (χ4v) is 2.76. The summed E-state index contributed by atoms with van der Waals surface area (Å²) >= 11 is 6.81. The van der Waals surface area contributed by atoms with E-state index in [1.165, 1.54) is 12.1 Å². The Kier molecular flexibility index (Phi) is 6.10. The van der Waals surface area contributed by atoms with Crippen LogP contribution in [0.5, 0.6) is 5.75 Å². The zero-order valence-electron chi connectivity index (χ0n) is 13.9. The van der Waals surface area contributed by atoms with Crippen LogP contribution in [-0.4, -0.2) is 28.2 Å². The van der Waals surface area contributed by atoms with Crippen molar-refractivity contribution < 1.29 is 27.1 Å². The highest BCUT2D eigenvalue weighted by atomic mass is 35.5. The van der Waals surface area contributed by atoms with Gasteiger partial charge in [-0.3, -0.25) is 4.79 Å². The van der Waals surface area contributed by atoms with Gasteiger partial charge in [-0.25, -0.2) is 0 Å². The van der Waals surface area contributed by atoms with E-state index in [0.717, 1.165) is 23.9 Å². The number of anilines is 1. The topological polar surface area (TPSA) is 77.2 Å². The summed E-state index contributed by atoms with van der Waals surface area (Å²) in [6, 6.07) is 11.8. The van der Waals surface area contributed by atoms with Gasteiger partial charge in [0.25, 0.3) is 5.22 Å². The van der Waals surface area contributed by atoms with Crippen molar-refractivity contribution in [1.82, 2.24) is 10.2 Å². The van der Waals surface area contributed by atoms with Crippen molar-refractivity contribution in [3.8, 4) is 17.2 Å². The average Bonchev–Trinajstić information content (AvgIpc) is 3.08. The summed E-state index contributed by atoms with van der Waals surface area (Å²) in [6.07, 6.45) is -4.81. The van der Waals surface area contributed by atoms with Crippen molar-refractivity contribution in [1.29, 1.82) is 0 Å². The molecule has 0 saturated carbocycles. The molecule has 11 heteroatoms. The Morgan fingerprint density at radius 2 is 1.93 bits per heavy atom. The first-order valence-corrected chi connectivity index (χ1v) is 9.03. The van der Waals surface area contributed by atoms with Crippen molar-refractivity contribution >= 4 is 35.0 Å². The Morgan fingerprint density at radius 3 is 2.64 bits per heavy atom. The SMILES string of the molecule is O=C(CSc1nnc(-c2ccc(Cl)cc2)o1)Nc1cccc(OC(F)(F)F)c1. The van der Waals surface area contributed by atoms with Gasteiger partial charge in [0.05, 0.1) is 5.75 Å². The Balaban J connectivity index is 1.55. The fraction of sp³-hybridized carbons (Fsp3) is 0.118. The summed E-state index contributed by atoms with van der Waals surface area (Å²) in [7, 11) is 0. The van der Waals surface area contributed by atoms with Gasteiger partial charge in [0.1, 0.15) is 5.75 Å². The van der Waals surface area contributed by atoms with Crippen LogP contribution in [0.15, 0.2) is 58.2 Å². The van der Waals surface area contributed by atoms with Crippen molar-refractivity contribution in [2.24, 2.45) is 0 Å². The monoisotopic (exact) mass is 429 g/mol. The van der Waals surface area contributed by atoms with Gasteiger partial charge >= 0.3 is 6.36 Å². The number of benzene rings is 2. The van der Waals surface area contributed by atoms with E-state index in [4.69, 9.17) is 16.0 Å². The predicted octanol–water partition coefficient (Wildman–Crippen LogP) is 5.02. The van der Waals surface area contributed by atoms with Crippen LogP contribution in [0.2, 0.25) is 5.02 Å². The van der Waals surface area contributed by atoms with Crippen LogP contribution in [0.1, 0.15) is 0 Å².